The van der Waals surface area contributed by atoms with Crippen molar-refractivity contribution in [1.29, 1.82) is 0 Å². The van der Waals surface area contributed by atoms with Gasteiger partial charge in [0, 0.05) is 6.42 Å². The summed E-state index contributed by atoms with van der Waals surface area (Å²) in [6.07, 6.45) is -1.79. The maximum atomic E-state index is 13.2. The van der Waals surface area contributed by atoms with Gasteiger partial charge in [0.25, 0.3) is 0 Å². The molecule has 0 aromatic heterocycles. The molecule has 0 unspecified atom stereocenters. The molecule has 0 radical (unpaired) electrons. The third-order valence-electron chi connectivity index (χ3n) is 4.00. The van der Waals surface area contributed by atoms with E-state index in [-0.39, 0.29) is 12.8 Å². The molecule has 0 saturated heterocycles. The molecule has 0 aromatic rings. The molecule has 0 fully saturated rings. The lowest BCUT2D eigenvalue weighted by Crippen LogP contribution is -2.72. The van der Waals surface area contributed by atoms with Crippen LogP contribution in [0.3, 0.4) is 0 Å². The van der Waals surface area contributed by atoms with E-state index in [4.69, 9.17) is 0 Å². The Kier molecular flexibility index (Phi) is 7.06. The molecule has 152 valence electrons. The van der Waals surface area contributed by atoms with Crippen molar-refractivity contribution in [2.45, 2.75) is 54.8 Å². The maximum absolute atomic E-state index is 13.2. The number of hydrogen-bond acceptors (Lipinski definition) is 4. The van der Waals surface area contributed by atoms with Gasteiger partial charge in [0.1, 0.15) is 0 Å². The zero-order valence-electron chi connectivity index (χ0n) is 14.2. The van der Waals surface area contributed by atoms with Gasteiger partial charge in [-0.25, -0.2) is 16.8 Å². The van der Waals surface area contributed by atoms with Gasteiger partial charge in [0.05, 0.1) is 20.6 Å². The molecule has 0 aliphatic rings. The van der Waals surface area contributed by atoms with Gasteiger partial charge in [-0.3, -0.25) is 4.48 Å². The van der Waals surface area contributed by atoms with E-state index in [0.717, 1.165) is 14.1 Å². The first-order chi connectivity index (χ1) is 10.9. The fraction of sp³-hybridized carbons (Fsp3) is 1.00. The van der Waals surface area contributed by atoms with Crippen LogP contribution in [0.2, 0.25) is 0 Å². The van der Waals surface area contributed by atoms with E-state index in [1.54, 1.807) is 0 Å². The van der Waals surface area contributed by atoms with Crippen LogP contribution in [0.25, 0.3) is 0 Å². The van der Waals surface area contributed by atoms with Gasteiger partial charge < -0.3 is 0 Å². The van der Waals surface area contributed by atoms with E-state index < -0.39 is 58.8 Å². The molecule has 5 nitrogen and oxygen atoms in total. The normalized spacial score (nSPS) is 15.4. The van der Waals surface area contributed by atoms with Crippen molar-refractivity contribution in [3.8, 4) is 0 Å². The molecule has 0 aromatic carbocycles. The van der Waals surface area contributed by atoms with E-state index in [2.05, 4.69) is 0 Å². The first kappa shape index (κ1) is 24.4. The Morgan fingerprint density at radius 1 is 0.760 bits per heavy atom. The molecule has 0 saturated carbocycles. The number of halogens is 6. The Balaban J connectivity index is 7.29. The Morgan fingerprint density at radius 3 is 1.36 bits per heavy atom. The lowest BCUT2D eigenvalue weighted by atomic mass is 10.2. The number of sulfone groups is 2. The minimum absolute atomic E-state index is 0.00856. The molecule has 0 spiro atoms. The highest BCUT2D eigenvalue weighted by Crippen LogP contribution is 2.50. The predicted octanol–water partition coefficient (Wildman–Crippen LogP) is 3.19. The van der Waals surface area contributed by atoms with Crippen molar-refractivity contribution in [2.24, 2.45) is 0 Å². The van der Waals surface area contributed by atoms with Crippen LogP contribution in [0.1, 0.15) is 39.5 Å². The van der Waals surface area contributed by atoms with Crippen LogP contribution in [0.15, 0.2) is 0 Å². The van der Waals surface area contributed by atoms with Crippen LogP contribution in [0.4, 0.5) is 26.3 Å². The Labute approximate surface area is 143 Å². The van der Waals surface area contributed by atoms with E-state index in [9.17, 15) is 43.2 Å². The highest BCUT2D eigenvalue weighted by molar-refractivity contribution is 8.10. The van der Waals surface area contributed by atoms with Crippen molar-refractivity contribution < 1.29 is 47.7 Å². The van der Waals surface area contributed by atoms with E-state index in [1.807, 2.05) is 0 Å². The highest BCUT2D eigenvalue weighted by atomic mass is 32.3. The average molecular weight is 422 g/mol. The molecule has 0 atom stereocenters. The number of quaternary nitrogens is 1. The third kappa shape index (κ3) is 3.77. The lowest BCUT2D eigenvalue weighted by molar-refractivity contribution is -0.912. The predicted molar refractivity (Wildman–Crippen MR) is 79.5 cm³/mol. The molecular formula is C12H22F6NO4S2+. The zero-order valence-corrected chi connectivity index (χ0v) is 15.8. The molecule has 0 rings (SSSR count). The molecule has 0 aliphatic heterocycles. The fourth-order valence-corrected chi connectivity index (χ4v) is 7.61. The Morgan fingerprint density at radius 2 is 1.12 bits per heavy atom. The summed E-state index contributed by atoms with van der Waals surface area (Å²) in [5.41, 5.74) is -12.3. The van der Waals surface area contributed by atoms with Gasteiger partial charge in [-0.05, 0) is 12.8 Å². The summed E-state index contributed by atoms with van der Waals surface area (Å²) in [5.74, 6) is 0. The number of nitrogens with zero attached hydrogens (tertiary/aromatic N) is 1. The topological polar surface area (TPSA) is 68.3 Å². The van der Waals surface area contributed by atoms with E-state index in [1.165, 1.54) is 13.8 Å². The van der Waals surface area contributed by atoms with Crippen LogP contribution >= 0.6 is 0 Å². The monoisotopic (exact) mass is 422 g/mol. The highest BCUT2D eigenvalue weighted by Gasteiger charge is 2.79. The molecule has 0 aliphatic carbocycles. The van der Waals surface area contributed by atoms with E-state index >= 15 is 0 Å². The van der Waals surface area contributed by atoms with Crippen molar-refractivity contribution in [2.75, 3.05) is 20.6 Å². The van der Waals surface area contributed by atoms with Crippen molar-refractivity contribution in [1.82, 2.24) is 0 Å². The van der Waals surface area contributed by atoms with E-state index in [0.29, 0.717) is 0 Å². The number of rotatable bonds is 8. The van der Waals surface area contributed by atoms with Gasteiger partial charge in [-0.15, -0.1) is 0 Å². The summed E-state index contributed by atoms with van der Waals surface area (Å²) < 4.78 is 122. The van der Waals surface area contributed by atoms with Crippen LogP contribution in [-0.4, -0.2) is 57.2 Å². The zero-order chi connectivity index (χ0) is 20.5. The quantitative estimate of drug-likeness (QED) is 0.445. The van der Waals surface area contributed by atoms with Crippen molar-refractivity contribution >= 4 is 19.7 Å². The second-order valence-corrected chi connectivity index (χ2v) is 10.7. The summed E-state index contributed by atoms with van der Waals surface area (Å²) in [6, 6.07) is 0. The number of unbranched alkanes of at least 4 members (excludes halogenated alkanes) is 1. The SMILES string of the molecule is CCCCC([N+](C)(C)CCC)(S(=O)(=O)C(F)(F)F)S(=O)(=O)C(F)(F)F. The summed E-state index contributed by atoms with van der Waals surface area (Å²) in [4.78, 5) is 0. The van der Waals surface area contributed by atoms with Crippen LogP contribution in [-0.2, 0) is 19.7 Å². The molecular weight excluding hydrogens is 400 g/mol. The molecule has 0 N–H and O–H groups in total. The van der Waals surface area contributed by atoms with Crippen LogP contribution in [0.5, 0.6) is 0 Å². The first-order valence-corrected chi connectivity index (χ1v) is 10.3. The molecule has 13 heteroatoms. The average Bonchev–Trinajstić information content (AvgIpc) is 2.35. The third-order valence-corrected chi connectivity index (χ3v) is 9.61. The fourth-order valence-electron chi connectivity index (χ4n) is 2.86. The molecule has 25 heavy (non-hydrogen) atoms. The van der Waals surface area contributed by atoms with Gasteiger partial charge >= 0.3 is 34.9 Å². The van der Waals surface area contributed by atoms with Gasteiger partial charge in [0.15, 0.2) is 0 Å². The summed E-state index contributed by atoms with van der Waals surface area (Å²) >= 11 is 0. The summed E-state index contributed by atoms with van der Waals surface area (Å²) in [7, 11) is -11.9. The Hall–Kier alpha value is -0.560. The number of alkyl halides is 6. The van der Waals surface area contributed by atoms with Crippen molar-refractivity contribution in [3.63, 3.8) is 0 Å². The van der Waals surface area contributed by atoms with Crippen LogP contribution < -0.4 is 0 Å². The lowest BCUT2D eigenvalue weighted by Gasteiger charge is -2.46. The summed E-state index contributed by atoms with van der Waals surface area (Å²) in [6.45, 7) is 2.27. The van der Waals surface area contributed by atoms with Gasteiger partial charge in [-0.2, -0.15) is 26.3 Å². The van der Waals surface area contributed by atoms with Gasteiger partial charge in [0.2, 0.25) is 0 Å². The molecule has 0 amide bonds. The number of hydrogen-bond donors (Lipinski definition) is 0. The standard InChI is InChI=1S/C12H22F6NO4S2/c1-5-7-8-10(19(3,4)9-6-2,24(20,21)11(13,14)15)25(22,23)12(16,17)18/h5-9H2,1-4H3/q+1. The second kappa shape index (κ2) is 7.22. The van der Waals surface area contributed by atoms with Crippen LogP contribution in [0, 0.1) is 0 Å². The first-order valence-electron chi connectivity index (χ1n) is 7.32. The second-order valence-electron chi connectivity index (χ2n) is 6.12. The summed E-state index contributed by atoms with van der Waals surface area (Å²) in [5, 5.41) is 0. The maximum Gasteiger partial charge on any atom is 0.504 e. The van der Waals surface area contributed by atoms with Crippen molar-refractivity contribution in [3.05, 3.63) is 0 Å². The largest absolute Gasteiger partial charge is 0.504 e. The smallest absolute Gasteiger partial charge is 0.298 e. The molecule has 0 heterocycles. The van der Waals surface area contributed by atoms with Gasteiger partial charge in [-0.1, -0.05) is 20.3 Å². The Bertz CT molecular complexity index is 621. The minimum Gasteiger partial charge on any atom is -0.298 e. The molecule has 0 bridgehead atoms. The minimum atomic E-state index is -6.73.